The summed E-state index contributed by atoms with van der Waals surface area (Å²) in [6, 6.07) is 11.5. The number of anilines is 4. The maximum atomic E-state index is 12.3. The first-order valence-electron chi connectivity index (χ1n) is 11.9. The molecule has 36 heavy (non-hydrogen) atoms. The molecule has 0 spiro atoms. The second kappa shape index (κ2) is 9.10. The van der Waals surface area contributed by atoms with E-state index >= 15 is 0 Å². The van der Waals surface area contributed by atoms with E-state index in [1.807, 2.05) is 80.7 Å². The van der Waals surface area contributed by atoms with E-state index in [4.69, 9.17) is 14.7 Å². The zero-order valence-corrected chi connectivity index (χ0v) is 21.1. The number of benzene rings is 1. The van der Waals surface area contributed by atoms with Crippen molar-refractivity contribution in [1.29, 1.82) is 0 Å². The first kappa shape index (κ1) is 23.5. The van der Waals surface area contributed by atoms with Crippen LogP contribution in [-0.4, -0.2) is 50.3 Å². The summed E-state index contributed by atoms with van der Waals surface area (Å²) in [4.78, 5) is 32.8. The van der Waals surface area contributed by atoms with Gasteiger partial charge in [-0.2, -0.15) is 4.98 Å². The van der Waals surface area contributed by atoms with Gasteiger partial charge < -0.3 is 15.0 Å². The third-order valence-corrected chi connectivity index (χ3v) is 5.58. The predicted octanol–water partition coefficient (Wildman–Crippen LogP) is 5.24. The van der Waals surface area contributed by atoms with Gasteiger partial charge in [0.15, 0.2) is 5.65 Å². The normalized spacial score (nSPS) is 13.5. The Bertz CT molecular complexity index is 1400. The Labute approximate surface area is 209 Å². The molecule has 1 aliphatic carbocycles. The number of ether oxygens (including phenoxy) is 1. The summed E-state index contributed by atoms with van der Waals surface area (Å²) in [5.74, 6) is 2.64. The van der Waals surface area contributed by atoms with Crippen molar-refractivity contribution < 1.29 is 9.53 Å². The van der Waals surface area contributed by atoms with Gasteiger partial charge in [0.1, 0.15) is 22.8 Å². The van der Waals surface area contributed by atoms with E-state index < -0.39 is 11.7 Å². The molecular weight excluding hydrogens is 456 g/mol. The largest absolute Gasteiger partial charge is 0.444 e. The fourth-order valence-corrected chi connectivity index (χ4v) is 3.82. The summed E-state index contributed by atoms with van der Waals surface area (Å²) in [6.07, 6.45) is 5.16. The first-order chi connectivity index (χ1) is 17.2. The monoisotopic (exact) mass is 486 g/mol. The van der Waals surface area contributed by atoms with Crippen LogP contribution in [0.2, 0.25) is 0 Å². The predicted molar refractivity (Wildman–Crippen MR) is 140 cm³/mol. The summed E-state index contributed by atoms with van der Waals surface area (Å²) in [5, 5.41) is 6.06. The fraction of sp³-hybridized carbons (Fsp3) is 0.346. The lowest BCUT2D eigenvalue weighted by atomic mass is 10.2. The number of nitrogens with one attached hydrogen (secondary N) is 2. The van der Waals surface area contributed by atoms with Gasteiger partial charge in [0.2, 0.25) is 5.95 Å². The van der Waals surface area contributed by atoms with Crippen molar-refractivity contribution in [2.75, 3.05) is 29.6 Å². The number of rotatable bonds is 6. The molecule has 1 amide bonds. The van der Waals surface area contributed by atoms with E-state index in [1.165, 1.54) is 0 Å². The zero-order valence-electron chi connectivity index (χ0n) is 21.1. The summed E-state index contributed by atoms with van der Waals surface area (Å²) in [6.45, 7) is 5.50. The number of hydrogen-bond acceptors (Lipinski definition) is 8. The lowest BCUT2D eigenvalue weighted by molar-refractivity contribution is 0.0636. The average Bonchev–Trinajstić information content (AvgIpc) is 3.58. The highest BCUT2D eigenvalue weighted by atomic mass is 16.6. The summed E-state index contributed by atoms with van der Waals surface area (Å²) < 4.78 is 7.45. The minimum absolute atomic E-state index is 0.376. The number of carbonyl (C=O) groups excluding carboxylic acids is 1. The number of aromatic nitrogens is 5. The van der Waals surface area contributed by atoms with Gasteiger partial charge in [-0.25, -0.2) is 19.7 Å². The molecule has 2 N–H and O–H groups in total. The first-order valence-corrected chi connectivity index (χ1v) is 11.9. The highest BCUT2D eigenvalue weighted by Crippen LogP contribution is 2.41. The van der Waals surface area contributed by atoms with Crippen LogP contribution in [0.4, 0.5) is 27.9 Å². The van der Waals surface area contributed by atoms with Crippen LogP contribution >= 0.6 is 0 Å². The van der Waals surface area contributed by atoms with Crippen LogP contribution in [0.3, 0.4) is 0 Å². The molecule has 186 valence electrons. The number of carbonyl (C=O) groups is 1. The molecular formula is C26H30N8O2. The Morgan fingerprint density at radius 1 is 1.06 bits per heavy atom. The summed E-state index contributed by atoms with van der Waals surface area (Å²) in [5.41, 5.74) is 3.11. The Morgan fingerprint density at radius 2 is 1.86 bits per heavy atom. The molecule has 1 aliphatic rings. The summed E-state index contributed by atoms with van der Waals surface area (Å²) >= 11 is 0. The Morgan fingerprint density at radius 3 is 2.53 bits per heavy atom. The molecule has 1 fully saturated rings. The van der Waals surface area contributed by atoms with Gasteiger partial charge in [0.05, 0.1) is 23.8 Å². The molecule has 0 atom stereocenters. The Kier molecular flexibility index (Phi) is 5.95. The van der Waals surface area contributed by atoms with Crippen LogP contribution in [0.25, 0.3) is 16.9 Å². The van der Waals surface area contributed by atoms with Crippen LogP contribution in [0.15, 0.2) is 48.8 Å². The van der Waals surface area contributed by atoms with Gasteiger partial charge in [-0.3, -0.25) is 9.88 Å². The van der Waals surface area contributed by atoms with E-state index in [-0.39, 0.29) is 0 Å². The van der Waals surface area contributed by atoms with E-state index in [1.54, 1.807) is 12.4 Å². The van der Waals surface area contributed by atoms with E-state index in [2.05, 4.69) is 20.6 Å². The SMILES string of the molecule is CN(C)c1ccc(Nc2ncc3nc(C4CC4)n(-c4cccc(NC(=O)OC(C)(C)C)c4)c3n2)cn1. The number of fused-ring (bicyclic) bond motifs is 1. The Balaban J connectivity index is 1.48. The molecule has 0 saturated heterocycles. The van der Waals surface area contributed by atoms with Crippen LogP contribution < -0.4 is 15.5 Å². The molecule has 0 bridgehead atoms. The molecule has 10 heteroatoms. The van der Waals surface area contributed by atoms with Crippen molar-refractivity contribution in [3.8, 4) is 5.69 Å². The minimum Gasteiger partial charge on any atom is -0.444 e. The second-order valence-electron chi connectivity index (χ2n) is 10.1. The number of nitrogens with zero attached hydrogens (tertiary/aromatic N) is 6. The zero-order chi connectivity index (χ0) is 25.4. The smallest absolute Gasteiger partial charge is 0.412 e. The van der Waals surface area contributed by atoms with Crippen molar-refractivity contribution in [3.63, 3.8) is 0 Å². The third kappa shape index (κ3) is 5.22. The molecule has 1 aromatic carbocycles. The minimum atomic E-state index is -0.579. The molecule has 3 aromatic heterocycles. The van der Waals surface area contributed by atoms with Crippen LogP contribution in [0.1, 0.15) is 45.4 Å². The number of pyridine rings is 1. The maximum Gasteiger partial charge on any atom is 0.412 e. The fourth-order valence-electron chi connectivity index (χ4n) is 3.82. The highest BCUT2D eigenvalue weighted by Gasteiger charge is 2.31. The maximum absolute atomic E-state index is 12.3. The quantitative estimate of drug-likeness (QED) is 0.380. The van der Waals surface area contributed by atoms with Gasteiger partial charge in [-0.1, -0.05) is 6.07 Å². The summed E-state index contributed by atoms with van der Waals surface area (Å²) in [7, 11) is 3.90. The second-order valence-corrected chi connectivity index (χ2v) is 10.1. The van der Waals surface area contributed by atoms with Gasteiger partial charge >= 0.3 is 6.09 Å². The average molecular weight is 487 g/mol. The number of hydrogen-bond donors (Lipinski definition) is 2. The van der Waals surface area contributed by atoms with Gasteiger partial charge in [0.25, 0.3) is 0 Å². The van der Waals surface area contributed by atoms with Gasteiger partial charge in [0, 0.05) is 25.7 Å². The molecule has 10 nitrogen and oxygen atoms in total. The molecule has 0 radical (unpaired) electrons. The molecule has 0 unspecified atom stereocenters. The topological polar surface area (TPSA) is 110 Å². The molecule has 4 aromatic rings. The van der Waals surface area contributed by atoms with Crippen molar-refractivity contribution >= 4 is 40.4 Å². The van der Waals surface area contributed by atoms with E-state index in [0.717, 1.165) is 35.9 Å². The van der Waals surface area contributed by atoms with Crippen molar-refractivity contribution in [1.82, 2.24) is 24.5 Å². The molecule has 0 aliphatic heterocycles. The van der Waals surface area contributed by atoms with Gasteiger partial charge in [-0.05, 0) is 63.9 Å². The number of imidazole rings is 1. The molecule has 5 rings (SSSR count). The van der Waals surface area contributed by atoms with Crippen LogP contribution in [-0.2, 0) is 4.74 Å². The third-order valence-electron chi connectivity index (χ3n) is 5.58. The van der Waals surface area contributed by atoms with Gasteiger partial charge in [-0.15, -0.1) is 0 Å². The van der Waals surface area contributed by atoms with E-state index in [0.29, 0.717) is 28.7 Å². The van der Waals surface area contributed by atoms with Crippen molar-refractivity contribution in [2.45, 2.75) is 45.1 Å². The number of amides is 1. The van der Waals surface area contributed by atoms with Crippen LogP contribution in [0, 0.1) is 0 Å². The van der Waals surface area contributed by atoms with E-state index in [9.17, 15) is 4.79 Å². The lowest BCUT2D eigenvalue weighted by Crippen LogP contribution is -2.27. The molecule has 1 saturated carbocycles. The Hall–Kier alpha value is -4.21. The standard InChI is InChI=1S/C26H30N8O2/c1-26(2,3)36-25(35)30-17-7-6-8-19(13-17)34-22(16-9-10-16)31-20-15-28-24(32-23(20)34)29-18-11-12-21(27-14-18)33(4)5/h6-8,11-16H,9-10H2,1-5H3,(H,30,35)(H,28,29,32). The van der Waals surface area contributed by atoms with Crippen LogP contribution in [0.5, 0.6) is 0 Å². The lowest BCUT2D eigenvalue weighted by Gasteiger charge is -2.20. The van der Waals surface area contributed by atoms with Crippen molar-refractivity contribution in [2.24, 2.45) is 0 Å². The molecule has 3 heterocycles. The highest BCUT2D eigenvalue weighted by molar-refractivity contribution is 5.85. The van der Waals surface area contributed by atoms with Crippen molar-refractivity contribution in [3.05, 3.63) is 54.6 Å².